The van der Waals surface area contributed by atoms with Crippen molar-refractivity contribution < 1.29 is 0 Å². The van der Waals surface area contributed by atoms with Crippen molar-refractivity contribution in [3.05, 3.63) is 23.4 Å². The van der Waals surface area contributed by atoms with Gasteiger partial charge in [-0.25, -0.2) is 4.98 Å². The first kappa shape index (κ1) is 14.3. The number of hydrogen-bond acceptors (Lipinski definition) is 3. The van der Waals surface area contributed by atoms with Gasteiger partial charge in [0.1, 0.15) is 5.82 Å². The van der Waals surface area contributed by atoms with E-state index >= 15 is 0 Å². The third kappa shape index (κ3) is 3.47. The molecule has 1 aliphatic rings. The van der Waals surface area contributed by atoms with Crippen molar-refractivity contribution >= 4 is 5.82 Å². The molecule has 1 atom stereocenters. The number of hydrogen-bond donors (Lipinski definition) is 1. The number of aryl methyl sites for hydroxylation is 1. The molecule has 106 valence electrons. The van der Waals surface area contributed by atoms with E-state index in [9.17, 15) is 0 Å². The molecular formula is C16H27N3. The highest BCUT2D eigenvalue weighted by Crippen LogP contribution is 2.29. The summed E-state index contributed by atoms with van der Waals surface area (Å²) in [4.78, 5) is 7.20. The molecule has 1 fully saturated rings. The molecule has 3 nitrogen and oxygen atoms in total. The normalized spacial score (nSPS) is 17.7. The standard InChI is InChI=1S/C16H27N3/c1-4-19(15-7-5-6-8-15)16-12(2)9-14(11-18-16)10-13(3)17/h9,11,13,15H,4-8,10,17H2,1-3H3. The van der Waals surface area contributed by atoms with Gasteiger partial charge in [-0.15, -0.1) is 0 Å². The van der Waals surface area contributed by atoms with Crippen molar-refractivity contribution in [2.75, 3.05) is 11.4 Å². The molecule has 3 heteroatoms. The number of pyridine rings is 1. The van der Waals surface area contributed by atoms with Crippen LogP contribution in [0.25, 0.3) is 0 Å². The van der Waals surface area contributed by atoms with E-state index in [-0.39, 0.29) is 6.04 Å². The summed E-state index contributed by atoms with van der Waals surface area (Å²) in [6.45, 7) is 7.49. The summed E-state index contributed by atoms with van der Waals surface area (Å²) in [6, 6.07) is 3.14. The van der Waals surface area contributed by atoms with Gasteiger partial charge >= 0.3 is 0 Å². The molecule has 0 radical (unpaired) electrons. The average molecular weight is 261 g/mol. The Morgan fingerprint density at radius 1 is 1.42 bits per heavy atom. The van der Waals surface area contributed by atoms with Gasteiger partial charge in [0.15, 0.2) is 0 Å². The average Bonchev–Trinajstić information content (AvgIpc) is 2.85. The number of aromatic nitrogens is 1. The molecule has 0 spiro atoms. The fourth-order valence-corrected chi connectivity index (χ4v) is 3.21. The van der Waals surface area contributed by atoms with Crippen LogP contribution in [0.3, 0.4) is 0 Å². The second-order valence-corrected chi connectivity index (χ2v) is 5.89. The van der Waals surface area contributed by atoms with Gasteiger partial charge in [-0.1, -0.05) is 18.9 Å². The van der Waals surface area contributed by atoms with Crippen LogP contribution in [0.5, 0.6) is 0 Å². The third-order valence-corrected chi connectivity index (χ3v) is 4.04. The van der Waals surface area contributed by atoms with Crippen LogP contribution in [-0.4, -0.2) is 23.6 Å². The summed E-state index contributed by atoms with van der Waals surface area (Å²) >= 11 is 0. The van der Waals surface area contributed by atoms with Gasteiger partial charge in [0.05, 0.1) is 0 Å². The summed E-state index contributed by atoms with van der Waals surface area (Å²) in [7, 11) is 0. The minimum Gasteiger partial charge on any atom is -0.354 e. The highest BCUT2D eigenvalue weighted by atomic mass is 15.2. The summed E-state index contributed by atoms with van der Waals surface area (Å²) in [5.41, 5.74) is 8.39. The summed E-state index contributed by atoms with van der Waals surface area (Å²) in [6.07, 6.45) is 8.27. The second-order valence-electron chi connectivity index (χ2n) is 5.89. The number of nitrogens with zero attached hydrogens (tertiary/aromatic N) is 2. The zero-order valence-electron chi connectivity index (χ0n) is 12.5. The molecule has 0 amide bonds. The molecule has 1 unspecified atom stereocenters. The molecule has 2 rings (SSSR count). The molecule has 0 bridgehead atoms. The second kappa shape index (κ2) is 6.38. The molecule has 19 heavy (non-hydrogen) atoms. The van der Waals surface area contributed by atoms with Gasteiger partial charge in [-0.05, 0) is 51.2 Å². The van der Waals surface area contributed by atoms with E-state index in [4.69, 9.17) is 10.7 Å². The minimum atomic E-state index is 0.198. The molecule has 0 aliphatic heterocycles. The number of anilines is 1. The van der Waals surface area contributed by atoms with Crippen LogP contribution in [0.4, 0.5) is 5.82 Å². The number of nitrogens with two attached hydrogens (primary N) is 1. The maximum atomic E-state index is 5.86. The lowest BCUT2D eigenvalue weighted by molar-refractivity contribution is 0.611. The third-order valence-electron chi connectivity index (χ3n) is 4.04. The molecular weight excluding hydrogens is 234 g/mol. The SMILES string of the molecule is CCN(c1ncc(CC(C)N)cc1C)C1CCCC1. The lowest BCUT2D eigenvalue weighted by Gasteiger charge is -2.30. The van der Waals surface area contributed by atoms with Gasteiger partial charge in [-0.2, -0.15) is 0 Å². The van der Waals surface area contributed by atoms with Gasteiger partial charge in [0.25, 0.3) is 0 Å². The van der Waals surface area contributed by atoms with E-state index in [2.05, 4.69) is 24.8 Å². The Balaban J connectivity index is 2.18. The summed E-state index contributed by atoms with van der Waals surface area (Å²) in [5, 5.41) is 0. The van der Waals surface area contributed by atoms with Crippen LogP contribution in [0.15, 0.2) is 12.3 Å². The molecule has 1 aromatic rings. The monoisotopic (exact) mass is 261 g/mol. The first-order valence-electron chi connectivity index (χ1n) is 7.59. The largest absolute Gasteiger partial charge is 0.354 e. The van der Waals surface area contributed by atoms with Crippen molar-refractivity contribution in [1.82, 2.24) is 4.98 Å². The molecule has 0 aromatic carbocycles. The van der Waals surface area contributed by atoms with Gasteiger partial charge in [0, 0.05) is 24.8 Å². The Bertz CT molecular complexity index is 408. The molecule has 2 N–H and O–H groups in total. The topological polar surface area (TPSA) is 42.2 Å². The van der Waals surface area contributed by atoms with E-state index in [0.717, 1.165) is 13.0 Å². The quantitative estimate of drug-likeness (QED) is 0.886. The van der Waals surface area contributed by atoms with E-state index in [1.165, 1.54) is 42.6 Å². The van der Waals surface area contributed by atoms with Crippen molar-refractivity contribution in [1.29, 1.82) is 0 Å². The van der Waals surface area contributed by atoms with Gasteiger partial charge in [-0.3, -0.25) is 0 Å². The highest BCUT2D eigenvalue weighted by Gasteiger charge is 2.23. The van der Waals surface area contributed by atoms with Crippen molar-refractivity contribution in [3.63, 3.8) is 0 Å². The van der Waals surface area contributed by atoms with E-state index < -0.39 is 0 Å². The van der Waals surface area contributed by atoms with E-state index in [0.29, 0.717) is 6.04 Å². The molecule has 0 saturated heterocycles. The van der Waals surface area contributed by atoms with Crippen molar-refractivity contribution in [2.24, 2.45) is 5.73 Å². The Kier molecular flexibility index (Phi) is 4.81. The number of rotatable bonds is 5. The molecule has 1 heterocycles. The lowest BCUT2D eigenvalue weighted by atomic mass is 10.1. The molecule has 1 saturated carbocycles. The smallest absolute Gasteiger partial charge is 0.131 e. The minimum absolute atomic E-state index is 0.198. The van der Waals surface area contributed by atoms with Crippen molar-refractivity contribution in [2.45, 2.75) is 65.0 Å². The van der Waals surface area contributed by atoms with Gasteiger partial charge < -0.3 is 10.6 Å². The van der Waals surface area contributed by atoms with Crippen LogP contribution in [0, 0.1) is 6.92 Å². The summed E-state index contributed by atoms with van der Waals surface area (Å²) < 4.78 is 0. The predicted octanol–water partition coefficient (Wildman–Crippen LogP) is 3.05. The van der Waals surface area contributed by atoms with Crippen LogP contribution in [-0.2, 0) is 6.42 Å². The summed E-state index contributed by atoms with van der Waals surface area (Å²) in [5.74, 6) is 1.17. The van der Waals surface area contributed by atoms with Crippen LogP contribution >= 0.6 is 0 Å². The van der Waals surface area contributed by atoms with Crippen LogP contribution < -0.4 is 10.6 Å². The Morgan fingerprint density at radius 3 is 2.63 bits per heavy atom. The van der Waals surface area contributed by atoms with E-state index in [1.54, 1.807) is 0 Å². The maximum Gasteiger partial charge on any atom is 0.131 e. The van der Waals surface area contributed by atoms with E-state index in [1.807, 2.05) is 13.1 Å². The molecule has 1 aliphatic carbocycles. The van der Waals surface area contributed by atoms with Crippen LogP contribution in [0.1, 0.15) is 50.7 Å². The molecule has 1 aromatic heterocycles. The fourth-order valence-electron chi connectivity index (χ4n) is 3.21. The predicted molar refractivity (Wildman–Crippen MR) is 81.6 cm³/mol. The zero-order chi connectivity index (χ0) is 13.8. The Labute approximate surface area is 117 Å². The van der Waals surface area contributed by atoms with Crippen molar-refractivity contribution in [3.8, 4) is 0 Å². The highest BCUT2D eigenvalue weighted by molar-refractivity contribution is 5.48. The van der Waals surface area contributed by atoms with Crippen LogP contribution in [0.2, 0.25) is 0 Å². The maximum absolute atomic E-state index is 5.86. The Morgan fingerprint density at radius 2 is 2.11 bits per heavy atom. The Hall–Kier alpha value is -1.09. The zero-order valence-corrected chi connectivity index (χ0v) is 12.5. The fraction of sp³-hybridized carbons (Fsp3) is 0.688. The lowest BCUT2D eigenvalue weighted by Crippen LogP contribution is -2.34. The first-order chi connectivity index (χ1) is 9.11. The first-order valence-corrected chi connectivity index (χ1v) is 7.59. The van der Waals surface area contributed by atoms with Gasteiger partial charge in [0.2, 0.25) is 0 Å².